The van der Waals surface area contributed by atoms with Gasteiger partial charge in [0.05, 0.1) is 11.8 Å². The maximum atomic E-state index is 12.7. The normalized spacial score (nSPS) is 16.3. The summed E-state index contributed by atoms with van der Waals surface area (Å²) in [6, 6.07) is 18.0. The Hall–Kier alpha value is -2.95. The number of benzene rings is 2. The zero-order valence-corrected chi connectivity index (χ0v) is 15.5. The highest BCUT2D eigenvalue weighted by Crippen LogP contribution is 2.33. The minimum Gasteiger partial charge on any atom is -0.481 e. The van der Waals surface area contributed by atoms with Gasteiger partial charge < -0.3 is 5.11 Å². The second-order valence-electron chi connectivity index (χ2n) is 6.71. The lowest BCUT2D eigenvalue weighted by atomic mass is 9.97. The summed E-state index contributed by atoms with van der Waals surface area (Å²) in [7, 11) is 0. The molecular weight excluding hydrogens is 340 g/mol. The van der Waals surface area contributed by atoms with Crippen LogP contribution in [0, 0.1) is 0 Å². The van der Waals surface area contributed by atoms with Crippen LogP contribution in [-0.4, -0.2) is 27.7 Å². The van der Waals surface area contributed by atoms with E-state index in [1.54, 1.807) is 5.01 Å². The molecule has 1 heterocycles. The molecule has 1 amide bonds. The van der Waals surface area contributed by atoms with Crippen molar-refractivity contribution in [3.05, 3.63) is 71.3 Å². The Morgan fingerprint density at radius 1 is 1.07 bits per heavy atom. The number of aryl methyl sites for hydroxylation is 1. The van der Waals surface area contributed by atoms with Gasteiger partial charge in [-0.25, -0.2) is 5.01 Å². The Morgan fingerprint density at radius 3 is 2.41 bits per heavy atom. The highest BCUT2D eigenvalue weighted by molar-refractivity contribution is 6.03. The zero-order valence-electron chi connectivity index (χ0n) is 15.5. The van der Waals surface area contributed by atoms with Crippen LogP contribution in [0.25, 0.3) is 0 Å². The third-order valence-electron chi connectivity index (χ3n) is 4.83. The van der Waals surface area contributed by atoms with E-state index in [9.17, 15) is 9.59 Å². The van der Waals surface area contributed by atoms with Crippen LogP contribution in [-0.2, 0) is 16.0 Å². The minimum absolute atomic E-state index is 0.00929. The second kappa shape index (κ2) is 8.62. The van der Waals surface area contributed by atoms with E-state index in [-0.39, 0.29) is 24.8 Å². The molecule has 0 spiro atoms. The third-order valence-corrected chi connectivity index (χ3v) is 4.83. The number of carboxylic acids is 1. The molecular formula is C22H24N2O3. The van der Waals surface area contributed by atoms with Crippen LogP contribution in [0.1, 0.15) is 55.3 Å². The van der Waals surface area contributed by atoms with Crippen molar-refractivity contribution in [2.45, 2.75) is 45.1 Å². The maximum absolute atomic E-state index is 12.7. The Balaban J connectivity index is 1.83. The topological polar surface area (TPSA) is 70.0 Å². The largest absolute Gasteiger partial charge is 0.481 e. The number of aliphatic carboxylic acids is 1. The highest BCUT2D eigenvalue weighted by Gasteiger charge is 2.32. The fourth-order valence-electron chi connectivity index (χ4n) is 3.29. The number of nitrogens with zero attached hydrogens (tertiary/aromatic N) is 2. The molecule has 1 aliphatic rings. The van der Waals surface area contributed by atoms with Gasteiger partial charge >= 0.3 is 5.97 Å². The van der Waals surface area contributed by atoms with Crippen molar-refractivity contribution in [1.29, 1.82) is 0 Å². The molecule has 5 heteroatoms. The smallest absolute Gasteiger partial charge is 0.303 e. The average molecular weight is 364 g/mol. The number of rotatable bonds is 7. The van der Waals surface area contributed by atoms with E-state index in [4.69, 9.17) is 5.11 Å². The SMILES string of the molecule is CCc1ccc(C2=NN(C(=O)CCCC(=O)O)[C@@H](c3ccccc3)C2)cc1. The molecule has 140 valence electrons. The maximum Gasteiger partial charge on any atom is 0.303 e. The van der Waals surface area contributed by atoms with Gasteiger partial charge in [-0.05, 0) is 29.5 Å². The molecule has 0 saturated carbocycles. The van der Waals surface area contributed by atoms with Crippen molar-refractivity contribution in [2.24, 2.45) is 5.10 Å². The summed E-state index contributed by atoms with van der Waals surface area (Å²) < 4.78 is 0. The number of amides is 1. The monoisotopic (exact) mass is 364 g/mol. The lowest BCUT2D eigenvalue weighted by molar-refractivity contribution is -0.137. The Morgan fingerprint density at radius 2 is 1.78 bits per heavy atom. The summed E-state index contributed by atoms with van der Waals surface area (Å²) in [6.45, 7) is 2.12. The number of carbonyl (C=O) groups is 2. The summed E-state index contributed by atoms with van der Waals surface area (Å²) in [6.07, 6.45) is 2.13. The quantitative estimate of drug-likeness (QED) is 0.801. The molecule has 1 atom stereocenters. The molecule has 0 bridgehead atoms. The van der Waals surface area contributed by atoms with Crippen LogP contribution in [0.3, 0.4) is 0 Å². The third kappa shape index (κ3) is 4.61. The van der Waals surface area contributed by atoms with Crippen LogP contribution in [0.5, 0.6) is 0 Å². The summed E-state index contributed by atoms with van der Waals surface area (Å²) in [5, 5.41) is 15.0. The van der Waals surface area contributed by atoms with Crippen LogP contribution in [0.2, 0.25) is 0 Å². The van der Waals surface area contributed by atoms with E-state index in [0.29, 0.717) is 12.8 Å². The van der Waals surface area contributed by atoms with Gasteiger partial charge in [-0.3, -0.25) is 9.59 Å². The van der Waals surface area contributed by atoms with E-state index in [0.717, 1.165) is 23.3 Å². The van der Waals surface area contributed by atoms with Crippen molar-refractivity contribution in [3.63, 3.8) is 0 Å². The molecule has 2 aromatic rings. The molecule has 0 aromatic heterocycles. The first-order chi connectivity index (χ1) is 13.1. The molecule has 2 aromatic carbocycles. The predicted molar refractivity (Wildman–Crippen MR) is 104 cm³/mol. The Kier molecular flexibility index (Phi) is 6.01. The fourth-order valence-corrected chi connectivity index (χ4v) is 3.29. The van der Waals surface area contributed by atoms with Gasteiger partial charge in [0.15, 0.2) is 0 Å². The molecule has 5 nitrogen and oxygen atoms in total. The second-order valence-corrected chi connectivity index (χ2v) is 6.71. The number of carboxylic acid groups (broad SMARTS) is 1. The number of carbonyl (C=O) groups excluding carboxylic acids is 1. The van der Waals surface area contributed by atoms with Gasteiger partial charge in [0.1, 0.15) is 0 Å². The Labute approximate surface area is 159 Å². The van der Waals surface area contributed by atoms with Crippen molar-refractivity contribution in [3.8, 4) is 0 Å². The van der Waals surface area contributed by atoms with E-state index in [1.165, 1.54) is 5.56 Å². The van der Waals surface area contributed by atoms with E-state index < -0.39 is 5.97 Å². The van der Waals surface area contributed by atoms with Gasteiger partial charge in [-0.2, -0.15) is 5.10 Å². The van der Waals surface area contributed by atoms with Gasteiger partial charge in [0.2, 0.25) is 5.91 Å². The lowest BCUT2D eigenvalue weighted by Gasteiger charge is -2.22. The van der Waals surface area contributed by atoms with Crippen LogP contribution < -0.4 is 0 Å². The van der Waals surface area contributed by atoms with E-state index >= 15 is 0 Å². The molecule has 3 rings (SSSR count). The van der Waals surface area contributed by atoms with Crippen molar-refractivity contribution in [2.75, 3.05) is 0 Å². The molecule has 0 fully saturated rings. The molecule has 1 N–H and O–H groups in total. The van der Waals surface area contributed by atoms with Crippen LogP contribution in [0.4, 0.5) is 0 Å². The summed E-state index contributed by atoms with van der Waals surface area (Å²) >= 11 is 0. The van der Waals surface area contributed by atoms with E-state index in [2.05, 4.69) is 36.3 Å². The van der Waals surface area contributed by atoms with E-state index in [1.807, 2.05) is 30.3 Å². The molecule has 1 aliphatic heterocycles. The standard InChI is InChI=1S/C22H24N2O3/c1-2-16-11-13-17(14-12-16)19-15-20(18-7-4-3-5-8-18)24(23-19)21(25)9-6-10-22(26)27/h3-5,7-8,11-14,20H,2,6,9-10,15H2,1H3,(H,26,27)/t20-/m1/s1. The van der Waals surface area contributed by atoms with Crippen molar-refractivity contribution >= 4 is 17.6 Å². The number of hydrazone groups is 1. The molecule has 27 heavy (non-hydrogen) atoms. The summed E-state index contributed by atoms with van der Waals surface area (Å²) in [5.74, 6) is -1.02. The predicted octanol–water partition coefficient (Wildman–Crippen LogP) is 4.18. The summed E-state index contributed by atoms with van der Waals surface area (Å²) in [4.78, 5) is 23.4. The zero-order chi connectivity index (χ0) is 19.2. The van der Waals surface area contributed by atoms with Crippen LogP contribution >= 0.6 is 0 Å². The number of hydrogen-bond acceptors (Lipinski definition) is 3. The minimum atomic E-state index is -0.885. The van der Waals surface area contributed by atoms with Gasteiger partial charge in [0, 0.05) is 19.3 Å². The Bertz CT molecular complexity index is 828. The molecule has 0 aliphatic carbocycles. The van der Waals surface area contributed by atoms with Crippen molar-refractivity contribution in [1.82, 2.24) is 5.01 Å². The lowest BCUT2D eigenvalue weighted by Crippen LogP contribution is -2.26. The first-order valence-corrected chi connectivity index (χ1v) is 9.34. The highest BCUT2D eigenvalue weighted by atomic mass is 16.4. The van der Waals surface area contributed by atoms with Crippen LogP contribution in [0.15, 0.2) is 59.7 Å². The molecule has 0 radical (unpaired) electrons. The summed E-state index contributed by atoms with van der Waals surface area (Å²) in [5.41, 5.74) is 4.21. The average Bonchev–Trinajstić information content (AvgIpc) is 3.14. The molecule has 0 saturated heterocycles. The first kappa shape index (κ1) is 18.8. The molecule has 0 unspecified atom stereocenters. The van der Waals surface area contributed by atoms with Gasteiger partial charge in [-0.1, -0.05) is 61.5 Å². The fraction of sp³-hybridized carbons (Fsp3) is 0.318. The first-order valence-electron chi connectivity index (χ1n) is 9.34. The van der Waals surface area contributed by atoms with Crippen molar-refractivity contribution < 1.29 is 14.7 Å². The number of hydrogen-bond donors (Lipinski definition) is 1. The van der Waals surface area contributed by atoms with Gasteiger partial charge in [0.25, 0.3) is 0 Å². The van der Waals surface area contributed by atoms with Gasteiger partial charge in [-0.15, -0.1) is 0 Å².